The number of hydrogen-bond acceptors (Lipinski definition) is 7. The molecule has 0 fully saturated rings. The fourth-order valence-electron chi connectivity index (χ4n) is 3.35. The SMILES string of the molecule is COc1ccc(C(=O)Nc2ccc(SC(C)C(=O)Nc3nc(-c4ccc(Br)cc4)cs3)cc2)cc1OC. The molecule has 3 aromatic carbocycles. The van der Waals surface area contributed by atoms with Crippen molar-refractivity contribution in [3.05, 3.63) is 82.1 Å². The highest BCUT2D eigenvalue weighted by Crippen LogP contribution is 2.30. The van der Waals surface area contributed by atoms with Crippen molar-refractivity contribution in [2.24, 2.45) is 0 Å². The number of aromatic nitrogens is 1. The van der Waals surface area contributed by atoms with Crippen molar-refractivity contribution in [1.82, 2.24) is 4.98 Å². The van der Waals surface area contributed by atoms with E-state index in [9.17, 15) is 9.59 Å². The largest absolute Gasteiger partial charge is 0.493 e. The normalized spacial score (nSPS) is 11.5. The lowest BCUT2D eigenvalue weighted by molar-refractivity contribution is -0.115. The van der Waals surface area contributed by atoms with Gasteiger partial charge in [-0.15, -0.1) is 23.1 Å². The predicted molar refractivity (Wildman–Crippen MR) is 153 cm³/mol. The van der Waals surface area contributed by atoms with Crippen molar-refractivity contribution in [2.75, 3.05) is 24.9 Å². The molecule has 10 heteroatoms. The number of thiazole rings is 1. The Labute approximate surface area is 231 Å². The summed E-state index contributed by atoms with van der Waals surface area (Å²) in [7, 11) is 3.07. The van der Waals surface area contributed by atoms with Gasteiger partial charge < -0.3 is 20.1 Å². The van der Waals surface area contributed by atoms with Gasteiger partial charge in [0, 0.05) is 31.6 Å². The zero-order chi connectivity index (χ0) is 26.4. The molecule has 190 valence electrons. The molecule has 0 saturated heterocycles. The summed E-state index contributed by atoms with van der Waals surface area (Å²) in [4.78, 5) is 30.8. The molecule has 0 saturated carbocycles. The molecule has 0 radical (unpaired) electrons. The summed E-state index contributed by atoms with van der Waals surface area (Å²) in [5.74, 6) is 0.641. The number of thioether (sulfide) groups is 1. The number of amides is 2. The second kappa shape index (κ2) is 12.3. The van der Waals surface area contributed by atoms with Crippen molar-refractivity contribution in [3.8, 4) is 22.8 Å². The molecule has 1 aromatic heterocycles. The van der Waals surface area contributed by atoms with Crippen LogP contribution in [-0.4, -0.2) is 36.3 Å². The summed E-state index contributed by atoms with van der Waals surface area (Å²) in [6.07, 6.45) is 0. The lowest BCUT2D eigenvalue weighted by Gasteiger charge is -2.12. The van der Waals surface area contributed by atoms with E-state index in [0.29, 0.717) is 27.9 Å². The van der Waals surface area contributed by atoms with Gasteiger partial charge in [-0.05, 0) is 61.5 Å². The second-order valence-corrected chi connectivity index (χ2v) is 11.0. The highest BCUT2D eigenvalue weighted by molar-refractivity contribution is 9.10. The third-order valence-electron chi connectivity index (χ3n) is 5.31. The Bertz CT molecular complexity index is 1390. The molecule has 2 N–H and O–H groups in total. The van der Waals surface area contributed by atoms with Crippen molar-refractivity contribution in [3.63, 3.8) is 0 Å². The number of nitrogens with zero attached hydrogens (tertiary/aromatic N) is 1. The average molecular weight is 599 g/mol. The Hall–Kier alpha value is -3.34. The number of benzene rings is 3. The molecular formula is C27H24BrN3O4S2. The number of hydrogen-bond donors (Lipinski definition) is 2. The fourth-order valence-corrected chi connectivity index (χ4v) is 5.20. The summed E-state index contributed by atoms with van der Waals surface area (Å²) < 4.78 is 11.5. The van der Waals surface area contributed by atoms with Crippen molar-refractivity contribution < 1.29 is 19.1 Å². The number of rotatable bonds is 9. The molecule has 1 heterocycles. The standard InChI is InChI=1S/C27H24BrN3O4S2/c1-16(25(32)31-27-30-22(15-36-27)17-4-7-19(28)8-5-17)37-21-11-9-20(10-12-21)29-26(33)18-6-13-23(34-2)24(14-18)35-3/h4-16H,1-3H3,(H,29,33)(H,30,31,32). The first-order valence-electron chi connectivity index (χ1n) is 11.2. The Morgan fingerprint density at radius 3 is 2.32 bits per heavy atom. The maximum Gasteiger partial charge on any atom is 0.255 e. The van der Waals surface area contributed by atoms with Crippen LogP contribution in [0.4, 0.5) is 10.8 Å². The number of carbonyl (C=O) groups is 2. The van der Waals surface area contributed by atoms with Crippen LogP contribution < -0.4 is 20.1 Å². The zero-order valence-corrected chi connectivity index (χ0v) is 23.5. The van der Waals surface area contributed by atoms with Gasteiger partial charge in [-0.2, -0.15) is 0 Å². The van der Waals surface area contributed by atoms with Crippen LogP contribution in [-0.2, 0) is 4.79 Å². The highest BCUT2D eigenvalue weighted by atomic mass is 79.9. The van der Waals surface area contributed by atoms with Crippen LogP contribution >= 0.6 is 39.0 Å². The summed E-state index contributed by atoms with van der Waals surface area (Å²) >= 11 is 6.25. The van der Waals surface area contributed by atoms with Gasteiger partial charge >= 0.3 is 0 Å². The van der Waals surface area contributed by atoms with E-state index in [1.165, 1.54) is 30.2 Å². The van der Waals surface area contributed by atoms with Crippen molar-refractivity contribution in [2.45, 2.75) is 17.1 Å². The predicted octanol–water partition coefficient (Wildman–Crippen LogP) is 6.96. The van der Waals surface area contributed by atoms with Crippen LogP contribution in [0, 0.1) is 0 Å². The minimum atomic E-state index is -0.341. The first-order chi connectivity index (χ1) is 17.9. The molecule has 0 aliphatic heterocycles. The molecule has 7 nitrogen and oxygen atoms in total. The number of methoxy groups -OCH3 is 2. The first kappa shape index (κ1) is 26.7. The fraction of sp³-hybridized carbons (Fsp3) is 0.148. The smallest absolute Gasteiger partial charge is 0.255 e. The third-order valence-corrected chi connectivity index (χ3v) is 7.71. The summed E-state index contributed by atoms with van der Waals surface area (Å²) in [5, 5.41) is 7.91. The summed E-state index contributed by atoms with van der Waals surface area (Å²) in [6, 6.07) is 20.2. The van der Waals surface area contributed by atoms with Gasteiger partial charge in [-0.1, -0.05) is 28.1 Å². The van der Waals surface area contributed by atoms with Gasteiger partial charge in [-0.3, -0.25) is 9.59 Å². The molecule has 4 rings (SSSR count). The van der Waals surface area contributed by atoms with Crippen LogP contribution in [0.2, 0.25) is 0 Å². The minimum absolute atomic E-state index is 0.132. The third kappa shape index (κ3) is 6.91. The number of carbonyl (C=O) groups excluding carboxylic acids is 2. The van der Waals surface area contributed by atoms with Gasteiger partial charge in [0.25, 0.3) is 5.91 Å². The van der Waals surface area contributed by atoms with Crippen LogP contribution in [0.3, 0.4) is 0 Å². The molecule has 0 bridgehead atoms. The second-order valence-electron chi connectivity index (χ2n) is 7.84. The van der Waals surface area contributed by atoms with Crippen molar-refractivity contribution in [1.29, 1.82) is 0 Å². The molecular weight excluding hydrogens is 574 g/mol. The number of nitrogens with one attached hydrogen (secondary N) is 2. The molecule has 4 aromatic rings. The zero-order valence-electron chi connectivity index (χ0n) is 20.3. The Kier molecular flexibility index (Phi) is 8.86. The number of halogens is 1. The van der Waals surface area contributed by atoms with E-state index in [-0.39, 0.29) is 17.1 Å². The van der Waals surface area contributed by atoms with Gasteiger partial charge in [0.15, 0.2) is 16.6 Å². The topological polar surface area (TPSA) is 89.5 Å². The monoisotopic (exact) mass is 597 g/mol. The Morgan fingerprint density at radius 1 is 0.946 bits per heavy atom. The van der Waals surface area contributed by atoms with Crippen LogP contribution in [0.1, 0.15) is 17.3 Å². The van der Waals surface area contributed by atoms with Gasteiger partial charge in [-0.25, -0.2) is 4.98 Å². The minimum Gasteiger partial charge on any atom is -0.493 e. The Balaban J connectivity index is 1.32. The maximum atomic E-state index is 12.7. The quantitative estimate of drug-likeness (QED) is 0.203. The van der Waals surface area contributed by atoms with Crippen LogP contribution in [0.25, 0.3) is 11.3 Å². The molecule has 1 unspecified atom stereocenters. The number of anilines is 2. The van der Waals surface area contributed by atoms with Gasteiger partial charge in [0.1, 0.15) is 0 Å². The summed E-state index contributed by atoms with van der Waals surface area (Å²) in [5.41, 5.74) is 2.90. The van der Waals surface area contributed by atoms with E-state index in [2.05, 4.69) is 31.5 Å². The van der Waals surface area contributed by atoms with E-state index in [4.69, 9.17) is 9.47 Å². The lowest BCUT2D eigenvalue weighted by atomic mass is 10.2. The molecule has 0 aliphatic carbocycles. The van der Waals surface area contributed by atoms with E-state index < -0.39 is 0 Å². The molecule has 0 spiro atoms. The number of ether oxygens (including phenoxy) is 2. The van der Waals surface area contributed by atoms with Crippen molar-refractivity contribution >= 4 is 61.7 Å². The lowest BCUT2D eigenvalue weighted by Crippen LogP contribution is -2.22. The van der Waals surface area contributed by atoms with E-state index >= 15 is 0 Å². The summed E-state index contributed by atoms with van der Waals surface area (Å²) in [6.45, 7) is 1.84. The van der Waals surface area contributed by atoms with Gasteiger partial charge in [0.2, 0.25) is 5.91 Å². The average Bonchev–Trinajstić information content (AvgIpc) is 3.38. The van der Waals surface area contributed by atoms with Gasteiger partial charge in [0.05, 0.1) is 25.2 Å². The van der Waals surface area contributed by atoms with E-state index in [1.807, 2.05) is 48.7 Å². The Morgan fingerprint density at radius 2 is 1.65 bits per heavy atom. The van der Waals surface area contributed by atoms with Crippen LogP contribution in [0.5, 0.6) is 11.5 Å². The van der Waals surface area contributed by atoms with E-state index in [1.54, 1.807) is 37.4 Å². The highest BCUT2D eigenvalue weighted by Gasteiger charge is 2.17. The van der Waals surface area contributed by atoms with Crippen LogP contribution in [0.15, 0.2) is 81.5 Å². The van der Waals surface area contributed by atoms with E-state index in [0.717, 1.165) is 20.6 Å². The maximum absolute atomic E-state index is 12.7. The molecule has 2 amide bonds. The molecule has 0 aliphatic rings. The molecule has 1 atom stereocenters. The molecule has 37 heavy (non-hydrogen) atoms. The first-order valence-corrected chi connectivity index (χ1v) is 13.7.